The Morgan fingerprint density at radius 1 is 0.763 bits per heavy atom. The number of aliphatic imine (C=N–C) groups is 1. The molecule has 5 rings (SSSR count). The molecule has 0 unspecified atom stereocenters. The van der Waals surface area contributed by atoms with Crippen LogP contribution in [-0.2, 0) is 0 Å². The zero-order chi connectivity index (χ0) is 26.5. The van der Waals surface area contributed by atoms with Crippen LogP contribution in [0.25, 0.3) is 10.9 Å². The van der Waals surface area contributed by atoms with Gasteiger partial charge in [-0.25, -0.2) is 4.99 Å². The van der Waals surface area contributed by atoms with E-state index in [1.54, 1.807) is 4.90 Å². The predicted octanol–water partition coefficient (Wildman–Crippen LogP) is 6.25. The number of aromatic amines is 1. The fourth-order valence-corrected chi connectivity index (χ4v) is 4.45. The number of rotatable bonds is 8. The summed E-state index contributed by atoms with van der Waals surface area (Å²) in [5, 5.41) is 11.7. The summed E-state index contributed by atoms with van der Waals surface area (Å²) in [6, 6.07) is 34.6. The van der Waals surface area contributed by atoms with Gasteiger partial charge < -0.3 is 19.9 Å². The summed E-state index contributed by atoms with van der Waals surface area (Å²) < 4.78 is 0. The Labute approximate surface area is 222 Å². The summed E-state index contributed by atoms with van der Waals surface area (Å²) in [5.41, 5.74) is 5.22. The van der Waals surface area contributed by atoms with Gasteiger partial charge in [0.15, 0.2) is 5.88 Å². The molecule has 0 saturated carbocycles. The van der Waals surface area contributed by atoms with Gasteiger partial charge in [-0.1, -0.05) is 66.7 Å². The van der Waals surface area contributed by atoms with Crippen LogP contribution in [0.15, 0.2) is 114 Å². The van der Waals surface area contributed by atoms with E-state index >= 15 is 0 Å². The third-order valence-electron chi connectivity index (χ3n) is 6.41. The first kappa shape index (κ1) is 25.0. The van der Waals surface area contributed by atoms with Gasteiger partial charge >= 0.3 is 0 Å². The molecular formula is C32H30N4O2. The van der Waals surface area contributed by atoms with Crippen molar-refractivity contribution in [3.63, 3.8) is 0 Å². The minimum Gasteiger partial charge on any atom is -0.494 e. The fourth-order valence-electron chi connectivity index (χ4n) is 4.45. The predicted molar refractivity (Wildman–Crippen MR) is 155 cm³/mol. The molecule has 0 bridgehead atoms. The van der Waals surface area contributed by atoms with Crippen molar-refractivity contribution in [3.8, 4) is 5.88 Å². The van der Waals surface area contributed by atoms with Gasteiger partial charge in [0.1, 0.15) is 0 Å². The van der Waals surface area contributed by atoms with Gasteiger partial charge in [-0.05, 0) is 56.6 Å². The summed E-state index contributed by atoms with van der Waals surface area (Å²) in [4.78, 5) is 25.3. The molecular weight excluding hydrogens is 472 g/mol. The van der Waals surface area contributed by atoms with E-state index < -0.39 is 0 Å². The number of carbonyl (C=O) groups excluding carboxylic acids is 1. The smallest absolute Gasteiger partial charge is 0.258 e. The van der Waals surface area contributed by atoms with Crippen LogP contribution in [0, 0.1) is 0 Å². The maximum atomic E-state index is 13.4. The van der Waals surface area contributed by atoms with Crippen LogP contribution in [0.4, 0.5) is 11.4 Å². The number of para-hydroxylation sites is 1. The highest BCUT2D eigenvalue weighted by Crippen LogP contribution is 2.32. The van der Waals surface area contributed by atoms with E-state index in [0.717, 1.165) is 34.4 Å². The van der Waals surface area contributed by atoms with Crippen LogP contribution in [0.1, 0.15) is 21.5 Å². The SMILES string of the molecule is CN(C)CCN(C(=O)c1ccccc1)c1ccc(N=C(c2ccccc2)c2c(O)[nH]c3ccccc23)cc1. The van der Waals surface area contributed by atoms with Crippen LogP contribution in [0.2, 0.25) is 0 Å². The summed E-state index contributed by atoms with van der Waals surface area (Å²) >= 11 is 0. The highest BCUT2D eigenvalue weighted by Gasteiger charge is 2.20. The van der Waals surface area contributed by atoms with Crippen molar-refractivity contribution >= 4 is 33.9 Å². The lowest BCUT2D eigenvalue weighted by atomic mass is 10.0. The second-order valence-electron chi connectivity index (χ2n) is 9.36. The minimum absolute atomic E-state index is 0.0441. The highest BCUT2D eigenvalue weighted by atomic mass is 16.3. The average molecular weight is 503 g/mol. The molecule has 5 aromatic rings. The molecule has 190 valence electrons. The number of nitrogens with zero attached hydrogens (tertiary/aromatic N) is 3. The van der Waals surface area contributed by atoms with E-state index in [2.05, 4.69) is 9.88 Å². The summed E-state index contributed by atoms with van der Waals surface area (Å²) in [6.45, 7) is 1.29. The number of likely N-dealkylation sites (N-methyl/N-ethyl adjacent to an activating group) is 1. The summed E-state index contributed by atoms with van der Waals surface area (Å²) in [6.07, 6.45) is 0. The Morgan fingerprint density at radius 3 is 2.03 bits per heavy atom. The largest absolute Gasteiger partial charge is 0.494 e. The van der Waals surface area contributed by atoms with Crippen LogP contribution in [0.5, 0.6) is 5.88 Å². The first-order chi connectivity index (χ1) is 18.5. The second kappa shape index (κ2) is 11.2. The molecule has 0 aliphatic carbocycles. The van der Waals surface area contributed by atoms with E-state index in [0.29, 0.717) is 23.4 Å². The third-order valence-corrected chi connectivity index (χ3v) is 6.41. The van der Waals surface area contributed by atoms with Crippen molar-refractivity contribution in [1.29, 1.82) is 0 Å². The van der Waals surface area contributed by atoms with Crippen molar-refractivity contribution in [2.45, 2.75) is 0 Å². The van der Waals surface area contributed by atoms with Gasteiger partial charge in [-0.2, -0.15) is 0 Å². The van der Waals surface area contributed by atoms with Gasteiger partial charge in [-0.15, -0.1) is 0 Å². The van der Waals surface area contributed by atoms with E-state index in [4.69, 9.17) is 4.99 Å². The van der Waals surface area contributed by atoms with Crippen molar-refractivity contribution in [2.75, 3.05) is 32.1 Å². The number of aromatic hydroxyl groups is 1. The van der Waals surface area contributed by atoms with Gasteiger partial charge in [0, 0.05) is 40.8 Å². The molecule has 4 aromatic carbocycles. The molecule has 6 heteroatoms. The molecule has 1 heterocycles. The number of carbonyl (C=O) groups is 1. The van der Waals surface area contributed by atoms with Crippen molar-refractivity contribution in [1.82, 2.24) is 9.88 Å². The lowest BCUT2D eigenvalue weighted by Crippen LogP contribution is -2.36. The number of amides is 1. The van der Waals surface area contributed by atoms with E-state index in [1.807, 2.05) is 123 Å². The lowest BCUT2D eigenvalue weighted by Gasteiger charge is -2.25. The zero-order valence-electron chi connectivity index (χ0n) is 21.5. The van der Waals surface area contributed by atoms with Crippen LogP contribution in [0.3, 0.4) is 0 Å². The van der Waals surface area contributed by atoms with Gasteiger partial charge in [0.2, 0.25) is 0 Å². The molecule has 1 amide bonds. The molecule has 0 radical (unpaired) electrons. The fraction of sp³-hybridized carbons (Fsp3) is 0.125. The number of nitrogens with one attached hydrogen (secondary N) is 1. The van der Waals surface area contributed by atoms with Crippen LogP contribution >= 0.6 is 0 Å². The molecule has 6 nitrogen and oxygen atoms in total. The molecule has 38 heavy (non-hydrogen) atoms. The topological polar surface area (TPSA) is 71.9 Å². The first-order valence-corrected chi connectivity index (χ1v) is 12.6. The average Bonchev–Trinajstić information content (AvgIpc) is 3.28. The quantitative estimate of drug-likeness (QED) is 0.246. The normalized spacial score (nSPS) is 11.7. The van der Waals surface area contributed by atoms with Crippen LogP contribution < -0.4 is 4.90 Å². The number of fused-ring (bicyclic) bond motifs is 1. The molecule has 0 spiro atoms. The van der Waals surface area contributed by atoms with E-state index in [9.17, 15) is 9.90 Å². The zero-order valence-corrected chi connectivity index (χ0v) is 21.5. The minimum atomic E-state index is -0.0441. The first-order valence-electron chi connectivity index (χ1n) is 12.6. The number of aromatic nitrogens is 1. The van der Waals surface area contributed by atoms with Crippen LogP contribution in [-0.4, -0.2) is 53.8 Å². The Hall–Kier alpha value is -4.68. The van der Waals surface area contributed by atoms with E-state index in [-0.39, 0.29) is 11.8 Å². The third kappa shape index (κ3) is 5.36. The van der Waals surface area contributed by atoms with E-state index in [1.165, 1.54) is 0 Å². The van der Waals surface area contributed by atoms with Gasteiger partial charge in [0.05, 0.1) is 17.0 Å². The molecule has 0 saturated heterocycles. The van der Waals surface area contributed by atoms with Gasteiger partial charge in [-0.3, -0.25) is 4.79 Å². The summed E-state index contributed by atoms with van der Waals surface area (Å²) in [5.74, 6) is 0.0335. The Balaban J connectivity index is 1.54. The molecule has 1 aromatic heterocycles. The maximum Gasteiger partial charge on any atom is 0.258 e. The molecule has 0 aliphatic heterocycles. The monoisotopic (exact) mass is 502 g/mol. The number of hydrogen-bond acceptors (Lipinski definition) is 4. The van der Waals surface area contributed by atoms with Gasteiger partial charge in [0.25, 0.3) is 5.91 Å². The lowest BCUT2D eigenvalue weighted by molar-refractivity contribution is 0.0985. The van der Waals surface area contributed by atoms with Crippen molar-refractivity contribution in [3.05, 3.63) is 126 Å². The molecule has 2 N–H and O–H groups in total. The van der Waals surface area contributed by atoms with Crippen molar-refractivity contribution in [2.24, 2.45) is 4.99 Å². The number of hydrogen-bond donors (Lipinski definition) is 2. The highest BCUT2D eigenvalue weighted by molar-refractivity contribution is 6.21. The number of benzene rings is 4. The molecule has 0 aliphatic rings. The number of H-pyrrole nitrogens is 1. The number of anilines is 1. The maximum absolute atomic E-state index is 13.4. The Kier molecular flexibility index (Phi) is 7.33. The standard InChI is InChI=1S/C32H30N4O2/c1-35(2)21-22-36(32(38)24-13-7-4-8-14-24)26-19-17-25(18-20-26)33-30(23-11-5-3-6-12-23)29-27-15-9-10-16-28(27)34-31(29)37/h3-20,34,37H,21-22H2,1-2H3. The second-order valence-corrected chi connectivity index (χ2v) is 9.36. The van der Waals surface area contributed by atoms with Crippen molar-refractivity contribution < 1.29 is 9.90 Å². The Morgan fingerprint density at radius 2 is 1.37 bits per heavy atom. The summed E-state index contributed by atoms with van der Waals surface area (Å²) in [7, 11) is 3.99. The molecule has 0 atom stereocenters. The molecule has 0 fully saturated rings. The Bertz CT molecular complexity index is 1560.